The molecule has 0 aromatic heterocycles. The second-order valence-electron chi connectivity index (χ2n) is 7.90. The minimum Gasteiger partial charge on any atom is -0.466 e. The first-order valence-corrected chi connectivity index (χ1v) is 9.19. The summed E-state index contributed by atoms with van der Waals surface area (Å²) in [4.78, 5) is 17.9. The molecular weight excluding hydrogens is 276 g/mol. The second-order valence-corrected chi connectivity index (χ2v) is 7.90. The Hall–Kier alpha value is -0.610. The lowest BCUT2D eigenvalue weighted by Gasteiger charge is -2.31. The van der Waals surface area contributed by atoms with Gasteiger partial charge in [-0.25, -0.2) is 0 Å². The molecule has 4 nitrogen and oxygen atoms in total. The Morgan fingerprint density at radius 2 is 2.09 bits per heavy atom. The zero-order chi connectivity index (χ0) is 15.7. The Labute approximate surface area is 135 Å². The lowest BCUT2D eigenvalue weighted by molar-refractivity contribution is -0.157. The Morgan fingerprint density at radius 3 is 2.73 bits per heavy atom. The van der Waals surface area contributed by atoms with E-state index in [4.69, 9.17) is 4.74 Å². The highest BCUT2D eigenvalue weighted by Crippen LogP contribution is 2.45. The van der Waals surface area contributed by atoms with Crippen LogP contribution in [0.15, 0.2) is 0 Å². The fourth-order valence-electron chi connectivity index (χ4n) is 4.38. The molecule has 2 saturated heterocycles. The molecule has 0 radical (unpaired) electrons. The van der Waals surface area contributed by atoms with E-state index in [9.17, 15) is 4.79 Å². The van der Waals surface area contributed by atoms with Crippen molar-refractivity contribution in [1.29, 1.82) is 0 Å². The number of fused-ring (bicyclic) bond motifs is 1. The van der Waals surface area contributed by atoms with Crippen LogP contribution in [0.3, 0.4) is 0 Å². The van der Waals surface area contributed by atoms with Crippen LogP contribution in [0.2, 0.25) is 0 Å². The fourth-order valence-corrected chi connectivity index (χ4v) is 4.38. The molecule has 0 aromatic carbocycles. The monoisotopic (exact) mass is 308 g/mol. The van der Waals surface area contributed by atoms with E-state index >= 15 is 0 Å². The highest BCUT2D eigenvalue weighted by molar-refractivity contribution is 5.78. The van der Waals surface area contributed by atoms with Gasteiger partial charge in [0.05, 0.1) is 12.0 Å². The van der Waals surface area contributed by atoms with Gasteiger partial charge in [-0.15, -0.1) is 0 Å². The highest BCUT2D eigenvalue weighted by atomic mass is 16.5. The van der Waals surface area contributed by atoms with Crippen molar-refractivity contribution < 1.29 is 9.53 Å². The third-order valence-corrected chi connectivity index (χ3v) is 5.92. The van der Waals surface area contributed by atoms with E-state index in [1.807, 2.05) is 6.92 Å². The molecule has 0 aromatic rings. The third-order valence-electron chi connectivity index (χ3n) is 5.92. The molecule has 3 fully saturated rings. The summed E-state index contributed by atoms with van der Waals surface area (Å²) < 4.78 is 5.51. The summed E-state index contributed by atoms with van der Waals surface area (Å²) in [5, 5.41) is 0. The minimum absolute atomic E-state index is 0.0661. The van der Waals surface area contributed by atoms with E-state index in [1.165, 1.54) is 19.4 Å². The standard InChI is InChI=1S/C18H32N2O2/c1-4-22-17(21)18-8-5-9-19(10-15-6-7-15)11-16(18)12-20(13-18)14(2)3/h14-16H,4-13H2,1-3H3/t16-,18-/m1/s1. The second kappa shape index (κ2) is 6.48. The minimum atomic E-state index is -0.251. The van der Waals surface area contributed by atoms with Gasteiger partial charge in [-0.1, -0.05) is 0 Å². The van der Waals surface area contributed by atoms with E-state index in [1.54, 1.807) is 0 Å². The number of ether oxygens (including phenoxy) is 1. The van der Waals surface area contributed by atoms with Crippen molar-refractivity contribution in [2.45, 2.75) is 52.5 Å². The van der Waals surface area contributed by atoms with Gasteiger partial charge in [-0.2, -0.15) is 0 Å². The van der Waals surface area contributed by atoms with Crippen molar-refractivity contribution in [2.75, 3.05) is 39.3 Å². The van der Waals surface area contributed by atoms with Crippen LogP contribution in [0.25, 0.3) is 0 Å². The first-order chi connectivity index (χ1) is 10.5. The predicted octanol–water partition coefficient (Wildman–Crippen LogP) is 2.38. The van der Waals surface area contributed by atoms with Gasteiger partial charge in [0.25, 0.3) is 0 Å². The average Bonchev–Trinajstić information content (AvgIpc) is 3.23. The number of hydrogen-bond acceptors (Lipinski definition) is 4. The molecule has 1 saturated carbocycles. The topological polar surface area (TPSA) is 32.8 Å². The van der Waals surface area contributed by atoms with E-state index in [-0.39, 0.29) is 11.4 Å². The zero-order valence-electron chi connectivity index (χ0n) is 14.5. The van der Waals surface area contributed by atoms with Crippen LogP contribution >= 0.6 is 0 Å². The summed E-state index contributed by atoms with van der Waals surface area (Å²) in [6.45, 7) is 12.3. The van der Waals surface area contributed by atoms with Crippen molar-refractivity contribution in [2.24, 2.45) is 17.3 Å². The van der Waals surface area contributed by atoms with Crippen LogP contribution < -0.4 is 0 Å². The fraction of sp³-hybridized carbons (Fsp3) is 0.944. The maximum absolute atomic E-state index is 12.8. The molecule has 2 aliphatic heterocycles. The van der Waals surface area contributed by atoms with E-state index in [2.05, 4.69) is 23.6 Å². The van der Waals surface area contributed by atoms with E-state index in [0.29, 0.717) is 18.6 Å². The SMILES string of the molecule is CCOC(=O)[C@@]12CCCN(CC3CC3)C[C@@H]1CN(C(C)C)C2. The van der Waals surface area contributed by atoms with Gasteiger partial charge in [0.2, 0.25) is 0 Å². The summed E-state index contributed by atoms with van der Waals surface area (Å²) in [5.74, 6) is 1.43. The summed E-state index contributed by atoms with van der Waals surface area (Å²) in [7, 11) is 0. The lowest BCUT2D eigenvalue weighted by atomic mass is 9.75. The van der Waals surface area contributed by atoms with Gasteiger partial charge < -0.3 is 9.64 Å². The molecule has 2 atom stereocenters. The summed E-state index contributed by atoms with van der Waals surface area (Å²) in [5.41, 5.74) is -0.251. The largest absolute Gasteiger partial charge is 0.466 e. The summed E-state index contributed by atoms with van der Waals surface area (Å²) >= 11 is 0. The lowest BCUT2D eigenvalue weighted by Crippen LogP contribution is -2.43. The van der Waals surface area contributed by atoms with Crippen LogP contribution in [0, 0.1) is 17.3 Å². The van der Waals surface area contributed by atoms with Gasteiger partial charge >= 0.3 is 5.97 Å². The maximum atomic E-state index is 12.8. The number of nitrogens with zero attached hydrogens (tertiary/aromatic N) is 2. The molecule has 0 bridgehead atoms. The quantitative estimate of drug-likeness (QED) is 0.730. The maximum Gasteiger partial charge on any atom is 0.313 e. The molecule has 3 rings (SSSR count). The Morgan fingerprint density at radius 1 is 1.32 bits per heavy atom. The van der Waals surface area contributed by atoms with Crippen LogP contribution in [0.1, 0.15) is 46.5 Å². The summed E-state index contributed by atoms with van der Waals surface area (Å²) in [6.07, 6.45) is 4.94. The molecule has 4 heteroatoms. The van der Waals surface area contributed by atoms with Gasteiger partial charge in [0.15, 0.2) is 0 Å². The molecule has 0 amide bonds. The third kappa shape index (κ3) is 3.18. The van der Waals surface area contributed by atoms with E-state index < -0.39 is 0 Å². The molecule has 0 spiro atoms. The number of carbonyl (C=O) groups excluding carboxylic acids is 1. The highest BCUT2D eigenvalue weighted by Gasteiger charge is 2.54. The van der Waals surface area contributed by atoms with Crippen molar-refractivity contribution in [3.63, 3.8) is 0 Å². The number of hydrogen-bond donors (Lipinski definition) is 0. The van der Waals surface area contributed by atoms with Gasteiger partial charge in [-0.05, 0) is 58.9 Å². The van der Waals surface area contributed by atoms with Crippen LogP contribution in [0.5, 0.6) is 0 Å². The van der Waals surface area contributed by atoms with E-state index in [0.717, 1.165) is 44.9 Å². The van der Waals surface area contributed by atoms with Crippen LogP contribution in [-0.2, 0) is 9.53 Å². The number of carbonyl (C=O) groups is 1. The number of likely N-dealkylation sites (tertiary alicyclic amines) is 2. The van der Waals surface area contributed by atoms with Gasteiger partial charge in [0, 0.05) is 38.1 Å². The van der Waals surface area contributed by atoms with Gasteiger partial charge in [0.1, 0.15) is 0 Å². The molecule has 2 heterocycles. The van der Waals surface area contributed by atoms with Crippen molar-refractivity contribution in [3.05, 3.63) is 0 Å². The molecule has 0 unspecified atom stereocenters. The average molecular weight is 308 g/mol. The smallest absolute Gasteiger partial charge is 0.313 e. The number of esters is 1. The van der Waals surface area contributed by atoms with Gasteiger partial charge in [-0.3, -0.25) is 9.69 Å². The predicted molar refractivity (Wildman–Crippen MR) is 87.7 cm³/mol. The van der Waals surface area contributed by atoms with Crippen LogP contribution in [0.4, 0.5) is 0 Å². The molecule has 3 aliphatic rings. The zero-order valence-corrected chi connectivity index (χ0v) is 14.5. The van der Waals surface area contributed by atoms with Crippen molar-refractivity contribution >= 4 is 5.97 Å². The first kappa shape index (κ1) is 16.3. The molecule has 22 heavy (non-hydrogen) atoms. The normalized spacial score (nSPS) is 33.7. The molecule has 126 valence electrons. The molecule has 1 aliphatic carbocycles. The molecular formula is C18H32N2O2. The summed E-state index contributed by atoms with van der Waals surface area (Å²) in [6, 6.07) is 0.509. The Balaban J connectivity index is 1.77. The van der Waals surface area contributed by atoms with Crippen molar-refractivity contribution in [1.82, 2.24) is 9.80 Å². The molecule has 0 N–H and O–H groups in total. The van der Waals surface area contributed by atoms with Crippen molar-refractivity contribution in [3.8, 4) is 0 Å². The number of rotatable bonds is 5. The Bertz CT molecular complexity index is 408. The van der Waals surface area contributed by atoms with Crippen LogP contribution in [-0.4, -0.2) is 61.1 Å². The Kier molecular flexibility index (Phi) is 4.79. The first-order valence-electron chi connectivity index (χ1n) is 9.19.